The molecule has 0 spiro atoms. The minimum atomic E-state index is -0.0416. The molecule has 6 heteroatoms. The van der Waals surface area contributed by atoms with Gasteiger partial charge < -0.3 is 9.64 Å². The molecular weight excluding hydrogens is 278 g/mol. The number of hydrogen-bond donors (Lipinski definition) is 0. The first-order valence-electron chi connectivity index (χ1n) is 6.75. The Bertz CT molecular complexity index is 470. The van der Waals surface area contributed by atoms with Crippen molar-refractivity contribution in [2.24, 2.45) is 5.41 Å². The lowest BCUT2D eigenvalue weighted by Gasteiger charge is -2.22. The molecule has 0 aromatic carbocycles. The number of rotatable bonds is 3. The largest absolute Gasteiger partial charge is 0.458 e. The number of ether oxygens (including phenoxy) is 1. The van der Waals surface area contributed by atoms with Crippen LogP contribution < -0.4 is 4.74 Å². The van der Waals surface area contributed by atoms with Crippen LogP contribution in [-0.2, 0) is 4.79 Å². The smallest absolute Gasteiger partial charge is 0.316 e. The first kappa shape index (κ1) is 15.0. The van der Waals surface area contributed by atoms with Gasteiger partial charge in [-0.1, -0.05) is 32.4 Å². The van der Waals surface area contributed by atoms with E-state index in [1.165, 1.54) is 12.4 Å². The molecule has 5 nitrogen and oxygen atoms in total. The number of carbonyl (C=O) groups excluding carboxylic acids is 1. The Kier molecular flexibility index (Phi) is 4.48. The maximum Gasteiger partial charge on any atom is 0.316 e. The van der Waals surface area contributed by atoms with Crippen LogP contribution in [0.25, 0.3) is 0 Å². The summed E-state index contributed by atoms with van der Waals surface area (Å²) in [5, 5.41) is 0.478. The Morgan fingerprint density at radius 1 is 1.45 bits per heavy atom. The van der Waals surface area contributed by atoms with Crippen molar-refractivity contribution in [3.63, 3.8) is 0 Å². The third-order valence-electron chi connectivity index (χ3n) is 3.05. The third kappa shape index (κ3) is 4.34. The van der Waals surface area contributed by atoms with Gasteiger partial charge in [0.2, 0.25) is 5.91 Å². The quantitative estimate of drug-likeness (QED) is 0.860. The van der Waals surface area contributed by atoms with E-state index in [-0.39, 0.29) is 17.4 Å². The molecule has 0 aliphatic carbocycles. The van der Waals surface area contributed by atoms with Gasteiger partial charge in [0.05, 0.1) is 24.0 Å². The Balaban J connectivity index is 1.86. The second kappa shape index (κ2) is 5.95. The molecule has 1 aromatic heterocycles. The van der Waals surface area contributed by atoms with Crippen LogP contribution in [0, 0.1) is 5.41 Å². The fourth-order valence-electron chi connectivity index (χ4n) is 2.13. The number of nitrogens with zero attached hydrogens (tertiary/aromatic N) is 3. The summed E-state index contributed by atoms with van der Waals surface area (Å²) in [6.07, 6.45) is 4.32. The third-order valence-corrected chi connectivity index (χ3v) is 3.24. The van der Waals surface area contributed by atoms with Crippen LogP contribution in [0.3, 0.4) is 0 Å². The van der Waals surface area contributed by atoms with Gasteiger partial charge in [-0.25, -0.2) is 9.97 Å². The Morgan fingerprint density at radius 2 is 2.10 bits per heavy atom. The van der Waals surface area contributed by atoms with E-state index < -0.39 is 0 Å². The van der Waals surface area contributed by atoms with Gasteiger partial charge in [-0.3, -0.25) is 4.79 Å². The maximum atomic E-state index is 12.1. The maximum absolute atomic E-state index is 12.1. The van der Waals surface area contributed by atoms with Gasteiger partial charge in [-0.05, 0) is 5.41 Å². The zero-order chi connectivity index (χ0) is 14.8. The van der Waals surface area contributed by atoms with Crippen molar-refractivity contribution in [2.75, 3.05) is 13.1 Å². The minimum Gasteiger partial charge on any atom is -0.458 e. The molecule has 0 saturated carbocycles. The van der Waals surface area contributed by atoms with Crippen LogP contribution in [0.2, 0.25) is 5.02 Å². The number of hydrogen-bond acceptors (Lipinski definition) is 4. The Hall–Kier alpha value is -1.36. The highest BCUT2D eigenvalue weighted by Gasteiger charge is 2.30. The Morgan fingerprint density at radius 3 is 2.70 bits per heavy atom. The van der Waals surface area contributed by atoms with Gasteiger partial charge in [0.1, 0.15) is 6.10 Å². The molecule has 1 saturated heterocycles. The summed E-state index contributed by atoms with van der Waals surface area (Å²) in [5.74, 6) is 0.181. The second-order valence-electron chi connectivity index (χ2n) is 6.29. The Labute approximate surface area is 124 Å². The van der Waals surface area contributed by atoms with Crippen LogP contribution >= 0.6 is 11.6 Å². The van der Waals surface area contributed by atoms with Gasteiger partial charge in [-0.2, -0.15) is 0 Å². The second-order valence-corrected chi connectivity index (χ2v) is 6.73. The molecule has 0 radical (unpaired) electrons. The van der Waals surface area contributed by atoms with E-state index in [1.54, 1.807) is 0 Å². The molecule has 1 fully saturated rings. The summed E-state index contributed by atoms with van der Waals surface area (Å²) >= 11 is 5.72. The molecule has 1 aliphatic rings. The molecule has 1 atom stereocenters. The number of carbonyl (C=O) groups is 1. The normalized spacial score (nSPS) is 19.2. The van der Waals surface area contributed by atoms with Gasteiger partial charge in [0.15, 0.2) is 0 Å². The van der Waals surface area contributed by atoms with E-state index in [1.807, 2.05) is 4.90 Å². The van der Waals surface area contributed by atoms with Gasteiger partial charge in [-0.15, -0.1) is 0 Å². The van der Waals surface area contributed by atoms with Crippen molar-refractivity contribution in [3.05, 3.63) is 17.4 Å². The molecular formula is C14H20ClN3O2. The number of likely N-dealkylation sites (tertiary alicyclic amines) is 1. The molecule has 1 aromatic rings. The number of halogens is 1. The summed E-state index contributed by atoms with van der Waals surface area (Å²) in [6, 6.07) is 0.310. The zero-order valence-electron chi connectivity index (χ0n) is 12.1. The highest BCUT2D eigenvalue weighted by atomic mass is 35.5. The van der Waals surface area contributed by atoms with E-state index in [9.17, 15) is 4.79 Å². The van der Waals surface area contributed by atoms with E-state index in [2.05, 4.69) is 30.7 Å². The lowest BCUT2D eigenvalue weighted by atomic mass is 9.92. The van der Waals surface area contributed by atoms with E-state index in [4.69, 9.17) is 16.3 Å². The van der Waals surface area contributed by atoms with Crippen molar-refractivity contribution in [1.82, 2.24) is 14.9 Å². The van der Waals surface area contributed by atoms with Crippen LogP contribution in [0.1, 0.15) is 33.6 Å². The number of aromatic nitrogens is 2. The van der Waals surface area contributed by atoms with Gasteiger partial charge >= 0.3 is 6.01 Å². The van der Waals surface area contributed by atoms with Crippen LogP contribution in [-0.4, -0.2) is 40.0 Å². The predicted molar refractivity (Wildman–Crippen MR) is 76.7 cm³/mol. The molecule has 0 N–H and O–H groups in total. The molecule has 110 valence electrons. The fourth-order valence-corrected chi connectivity index (χ4v) is 2.22. The molecule has 1 amide bonds. The van der Waals surface area contributed by atoms with E-state index >= 15 is 0 Å². The summed E-state index contributed by atoms with van der Waals surface area (Å²) in [7, 11) is 0. The average Bonchev–Trinajstić information content (AvgIpc) is 2.79. The molecule has 2 rings (SSSR count). The lowest BCUT2D eigenvalue weighted by molar-refractivity contribution is -0.132. The SMILES string of the molecule is CC(C)(C)CC(=O)N1CC[C@@H](Oc2ncc(Cl)cn2)C1. The van der Waals surface area contributed by atoms with Crippen molar-refractivity contribution < 1.29 is 9.53 Å². The van der Waals surface area contributed by atoms with Crippen molar-refractivity contribution in [1.29, 1.82) is 0 Å². The summed E-state index contributed by atoms with van der Waals surface area (Å²) in [4.78, 5) is 22.0. The van der Waals surface area contributed by atoms with Gasteiger partial charge in [0, 0.05) is 19.4 Å². The molecule has 20 heavy (non-hydrogen) atoms. The fraction of sp³-hybridized carbons (Fsp3) is 0.643. The van der Waals surface area contributed by atoms with Crippen LogP contribution in [0.5, 0.6) is 6.01 Å². The summed E-state index contributed by atoms with van der Waals surface area (Å²) < 4.78 is 5.67. The number of amides is 1. The monoisotopic (exact) mass is 297 g/mol. The molecule has 0 unspecified atom stereocenters. The predicted octanol–water partition coefficient (Wildman–Crippen LogP) is 2.55. The first-order valence-corrected chi connectivity index (χ1v) is 7.13. The minimum absolute atomic E-state index is 0.00924. The van der Waals surface area contributed by atoms with Crippen LogP contribution in [0.4, 0.5) is 0 Å². The average molecular weight is 298 g/mol. The van der Waals surface area contributed by atoms with Crippen molar-refractivity contribution in [3.8, 4) is 6.01 Å². The summed E-state index contributed by atoms with van der Waals surface area (Å²) in [5.41, 5.74) is 0.00924. The van der Waals surface area contributed by atoms with E-state index in [0.29, 0.717) is 24.0 Å². The zero-order valence-corrected chi connectivity index (χ0v) is 12.9. The van der Waals surface area contributed by atoms with Gasteiger partial charge in [0.25, 0.3) is 0 Å². The van der Waals surface area contributed by atoms with Crippen molar-refractivity contribution in [2.45, 2.75) is 39.7 Å². The van der Waals surface area contributed by atoms with E-state index in [0.717, 1.165) is 13.0 Å². The lowest BCUT2D eigenvalue weighted by Crippen LogP contribution is -2.33. The molecule has 2 heterocycles. The van der Waals surface area contributed by atoms with Crippen molar-refractivity contribution >= 4 is 17.5 Å². The standard InChI is InChI=1S/C14H20ClN3O2/c1-14(2,3)6-12(19)18-5-4-11(9-18)20-13-16-7-10(15)8-17-13/h7-8,11H,4-6,9H2,1-3H3/t11-/m1/s1. The topological polar surface area (TPSA) is 55.3 Å². The highest BCUT2D eigenvalue weighted by molar-refractivity contribution is 6.30. The molecule has 1 aliphatic heterocycles. The summed E-state index contributed by atoms with van der Waals surface area (Å²) in [6.45, 7) is 7.53. The van der Waals surface area contributed by atoms with Crippen LogP contribution in [0.15, 0.2) is 12.4 Å². The molecule has 0 bridgehead atoms. The first-order chi connectivity index (χ1) is 9.33. The highest BCUT2D eigenvalue weighted by Crippen LogP contribution is 2.23.